The molecule has 0 radical (unpaired) electrons. The third-order valence-corrected chi connectivity index (χ3v) is 4.82. The van der Waals surface area contributed by atoms with E-state index >= 15 is 0 Å². The van der Waals surface area contributed by atoms with E-state index in [1.54, 1.807) is 36.1 Å². The zero-order valence-electron chi connectivity index (χ0n) is 14.0. The molecule has 1 atom stereocenters. The molecule has 0 spiro atoms. The number of hydrogen-bond donors (Lipinski definition) is 0. The fraction of sp³-hybridized carbons (Fsp3) is 0.471. The summed E-state index contributed by atoms with van der Waals surface area (Å²) >= 11 is 6.13. The Morgan fingerprint density at radius 2 is 1.88 bits per heavy atom. The molecule has 0 aliphatic carbocycles. The number of anilines is 1. The van der Waals surface area contributed by atoms with Crippen molar-refractivity contribution in [2.24, 2.45) is 0 Å². The maximum Gasteiger partial charge on any atom is 0.409 e. The van der Waals surface area contributed by atoms with Crippen LogP contribution in [0.2, 0.25) is 5.02 Å². The maximum absolute atomic E-state index is 12.8. The number of ether oxygens (including phenoxy) is 1. The first-order valence-corrected chi connectivity index (χ1v) is 8.67. The zero-order valence-corrected chi connectivity index (χ0v) is 14.7. The van der Waals surface area contributed by atoms with Crippen LogP contribution in [-0.2, 0) is 14.3 Å². The highest BCUT2D eigenvalue weighted by Gasteiger charge is 2.44. The van der Waals surface area contributed by atoms with Crippen molar-refractivity contribution in [3.8, 4) is 0 Å². The van der Waals surface area contributed by atoms with Crippen LogP contribution in [0.5, 0.6) is 0 Å². The molecule has 3 rings (SSSR count). The molecule has 2 aliphatic rings. The van der Waals surface area contributed by atoms with Crippen LogP contribution in [0.3, 0.4) is 0 Å². The second-order valence-corrected chi connectivity index (χ2v) is 6.37. The van der Waals surface area contributed by atoms with Crippen LogP contribution >= 0.6 is 11.6 Å². The standard InChI is InChI=1S/C17H20ClN3O4/c1-2-25-17(24)20-9-7-19(8-10-20)14-11-15(22)21(16(14)23)13-6-4-3-5-12(13)18/h3-6,14H,2,7-11H2,1H3/t14-/m0/s1. The molecule has 0 unspecified atom stereocenters. The number of halogens is 1. The molecule has 1 aromatic carbocycles. The second-order valence-electron chi connectivity index (χ2n) is 5.96. The van der Waals surface area contributed by atoms with Crippen molar-refractivity contribution in [3.63, 3.8) is 0 Å². The first-order chi connectivity index (χ1) is 12.0. The summed E-state index contributed by atoms with van der Waals surface area (Å²) in [5, 5.41) is 0.372. The van der Waals surface area contributed by atoms with Crippen molar-refractivity contribution in [1.29, 1.82) is 0 Å². The Balaban J connectivity index is 1.67. The minimum atomic E-state index is -0.506. The highest BCUT2D eigenvalue weighted by Crippen LogP contribution is 2.31. The Labute approximate surface area is 151 Å². The van der Waals surface area contributed by atoms with Gasteiger partial charge in [0.1, 0.15) is 0 Å². The average Bonchev–Trinajstić information content (AvgIpc) is 2.90. The number of nitrogens with zero attached hydrogens (tertiary/aromatic N) is 3. The fourth-order valence-electron chi connectivity index (χ4n) is 3.22. The molecular formula is C17H20ClN3O4. The smallest absolute Gasteiger partial charge is 0.409 e. The molecule has 25 heavy (non-hydrogen) atoms. The summed E-state index contributed by atoms with van der Waals surface area (Å²) in [6.07, 6.45) is -0.211. The summed E-state index contributed by atoms with van der Waals surface area (Å²) in [6, 6.07) is 6.31. The van der Waals surface area contributed by atoms with Crippen molar-refractivity contribution in [2.75, 3.05) is 37.7 Å². The van der Waals surface area contributed by atoms with Crippen LogP contribution in [-0.4, -0.2) is 66.5 Å². The van der Waals surface area contributed by atoms with Gasteiger partial charge in [0.05, 0.1) is 29.8 Å². The van der Waals surface area contributed by atoms with Crippen LogP contribution in [0.4, 0.5) is 10.5 Å². The summed E-state index contributed by atoms with van der Waals surface area (Å²) in [6.45, 7) is 4.10. The molecule has 8 heteroatoms. The third kappa shape index (κ3) is 3.48. The van der Waals surface area contributed by atoms with Gasteiger partial charge in [0.15, 0.2) is 0 Å². The monoisotopic (exact) mass is 365 g/mol. The van der Waals surface area contributed by atoms with Crippen molar-refractivity contribution >= 4 is 35.2 Å². The molecule has 0 bridgehead atoms. The molecule has 1 aromatic rings. The number of hydrogen-bond acceptors (Lipinski definition) is 5. The molecule has 134 valence electrons. The molecule has 2 saturated heterocycles. The van der Waals surface area contributed by atoms with E-state index in [4.69, 9.17) is 16.3 Å². The first-order valence-electron chi connectivity index (χ1n) is 8.30. The van der Waals surface area contributed by atoms with Gasteiger partial charge in [0.25, 0.3) is 5.91 Å². The summed E-state index contributed by atoms with van der Waals surface area (Å²) < 4.78 is 4.99. The zero-order chi connectivity index (χ0) is 18.0. The minimum absolute atomic E-state index is 0.128. The van der Waals surface area contributed by atoms with Crippen LogP contribution in [0.25, 0.3) is 0 Å². The van der Waals surface area contributed by atoms with Crippen molar-refractivity contribution < 1.29 is 19.1 Å². The summed E-state index contributed by atoms with van der Waals surface area (Å²) in [5.41, 5.74) is 0.423. The van der Waals surface area contributed by atoms with Gasteiger partial charge >= 0.3 is 6.09 Å². The van der Waals surface area contributed by atoms with Gasteiger partial charge in [-0.15, -0.1) is 0 Å². The number of amides is 3. The summed E-state index contributed by atoms with van der Waals surface area (Å²) in [7, 11) is 0. The van der Waals surface area contributed by atoms with Gasteiger partial charge in [0.2, 0.25) is 5.91 Å². The highest BCUT2D eigenvalue weighted by molar-refractivity contribution is 6.36. The van der Waals surface area contributed by atoms with E-state index < -0.39 is 6.04 Å². The number of rotatable bonds is 3. The van der Waals surface area contributed by atoms with Crippen molar-refractivity contribution in [1.82, 2.24) is 9.80 Å². The van der Waals surface area contributed by atoms with Gasteiger partial charge in [0, 0.05) is 26.2 Å². The normalized spacial score (nSPS) is 21.8. The first kappa shape index (κ1) is 17.7. The molecule has 7 nitrogen and oxygen atoms in total. The van der Waals surface area contributed by atoms with Crippen LogP contribution in [0.15, 0.2) is 24.3 Å². The van der Waals surface area contributed by atoms with E-state index in [0.717, 1.165) is 0 Å². The van der Waals surface area contributed by atoms with Gasteiger partial charge in [-0.1, -0.05) is 23.7 Å². The number of piperazine rings is 1. The van der Waals surface area contributed by atoms with E-state index in [1.165, 1.54) is 4.90 Å². The van der Waals surface area contributed by atoms with Gasteiger partial charge in [-0.3, -0.25) is 14.5 Å². The highest BCUT2D eigenvalue weighted by atomic mass is 35.5. The molecule has 3 amide bonds. The predicted molar refractivity (Wildman–Crippen MR) is 92.5 cm³/mol. The Kier molecular flexibility index (Phi) is 5.24. The predicted octanol–water partition coefficient (Wildman–Crippen LogP) is 1.75. The third-order valence-electron chi connectivity index (χ3n) is 4.50. The molecule has 2 aliphatic heterocycles. The van der Waals surface area contributed by atoms with Crippen molar-refractivity contribution in [2.45, 2.75) is 19.4 Å². The molecular weight excluding hydrogens is 346 g/mol. The summed E-state index contributed by atoms with van der Waals surface area (Å²) in [5.74, 6) is -0.515. The van der Waals surface area contributed by atoms with E-state index in [-0.39, 0.29) is 24.3 Å². The van der Waals surface area contributed by atoms with Crippen LogP contribution in [0, 0.1) is 0 Å². The Morgan fingerprint density at radius 3 is 2.52 bits per heavy atom. The number of benzene rings is 1. The van der Waals surface area contributed by atoms with E-state index in [2.05, 4.69) is 0 Å². The molecule has 0 N–H and O–H groups in total. The maximum atomic E-state index is 12.8. The Hall–Kier alpha value is -2.12. The van der Waals surface area contributed by atoms with Gasteiger partial charge in [-0.05, 0) is 19.1 Å². The topological polar surface area (TPSA) is 70.2 Å². The van der Waals surface area contributed by atoms with Gasteiger partial charge in [-0.25, -0.2) is 9.69 Å². The van der Waals surface area contributed by atoms with Crippen molar-refractivity contribution in [3.05, 3.63) is 29.3 Å². The lowest BCUT2D eigenvalue weighted by atomic mass is 10.2. The molecule has 2 heterocycles. The Morgan fingerprint density at radius 1 is 1.20 bits per heavy atom. The van der Waals surface area contributed by atoms with E-state index in [0.29, 0.717) is 43.5 Å². The summed E-state index contributed by atoms with van der Waals surface area (Å²) in [4.78, 5) is 41.7. The number of carbonyl (C=O) groups is 3. The quantitative estimate of drug-likeness (QED) is 0.763. The van der Waals surface area contributed by atoms with E-state index in [9.17, 15) is 14.4 Å². The van der Waals surface area contributed by atoms with E-state index in [1.807, 2.05) is 4.90 Å². The van der Waals surface area contributed by atoms with Crippen LogP contribution in [0.1, 0.15) is 13.3 Å². The second kappa shape index (κ2) is 7.41. The van der Waals surface area contributed by atoms with Gasteiger partial charge in [-0.2, -0.15) is 0 Å². The number of para-hydroxylation sites is 1. The molecule has 2 fully saturated rings. The lowest BCUT2D eigenvalue weighted by molar-refractivity contribution is -0.123. The molecule has 0 saturated carbocycles. The van der Waals surface area contributed by atoms with Crippen LogP contribution < -0.4 is 4.90 Å². The SMILES string of the molecule is CCOC(=O)N1CCN([C@H]2CC(=O)N(c3ccccc3Cl)C2=O)CC1. The number of imide groups is 1. The number of carbonyl (C=O) groups excluding carboxylic acids is 3. The largest absolute Gasteiger partial charge is 0.450 e. The van der Waals surface area contributed by atoms with Gasteiger partial charge < -0.3 is 9.64 Å². The fourth-order valence-corrected chi connectivity index (χ4v) is 3.44. The molecule has 0 aromatic heterocycles. The minimum Gasteiger partial charge on any atom is -0.450 e. The Bertz CT molecular complexity index is 688. The average molecular weight is 366 g/mol. The lowest BCUT2D eigenvalue weighted by Crippen LogP contribution is -2.54. The lowest BCUT2D eigenvalue weighted by Gasteiger charge is -2.36.